The fourth-order valence-electron chi connectivity index (χ4n) is 3.67. The number of ether oxygens (including phenoxy) is 1. The van der Waals surface area contributed by atoms with E-state index < -0.39 is 6.09 Å². The van der Waals surface area contributed by atoms with Crippen LogP contribution in [0.1, 0.15) is 63.3 Å². The number of nitrogens with one attached hydrogen (secondary N) is 2. The number of Topliss-reactive ketones (excluding diaryl/α,β-unsaturated/α-hetero) is 1. The van der Waals surface area contributed by atoms with E-state index >= 15 is 0 Å². The van der Waals surface area contributed by atoms with E-state index in [1.165, 1.54) is 0 Å². The van der Waals surface area contributed by atoms with Gasteiger partial charge in [0.1, 0.15) is 12.4 Å². The van der Waals surface area contributed by atoms with E-state index in [2.05, 4.69) is 37.5 Å². The lowest BCUT2D eigenvalue weighted by Gasteiger charge is -2.24. The molecule has 1 heterocycles. The number of nitrogens with zero attached hydrogens (tertiary/aromatic N) is 1. The lowest BCUT2D eigenvalue weighted by Crippen LogP contribution is -2.48. The highest BCUT2D eigenvalue weighted by Crippen LogP contribution is 2.15. The summed E-state index contributed by atoms with van der Waals surface area (Å²) < 4.78 is 10.7. The summed E-state index contributed by atoms with van der Waals surface area (Å²) in [5.74, 6) is 2.47. The second-order valence-corrected chi connectivity index (χ2v) is 9.99. The highest BCUT2D eigenvalue weighted by molar-refractivity contribution is 7.99. The second-order valence-electron chi connectivity index (χ2n) is 9.00. The molecule has 2 unspecified atom stereocenters. The van der Waals surface area contributed by atoms with E-state index in [0.29, 0.717) is 29.5 Å². The van der Waals surface area contributed by atoms with Crippen molar-refractivity contribution in [2.45, 2.75) is 70.9 Å². The number of alkyl carbamates (subject to hydrolysis) is 1. The van der Waals surface area contributed by atoms with Crippen molar-refractivity contribution < 1.29 is 18.7 Å². The van der Waals surface area contributed by atoms with Crippen molar-refractivity contribution in [2.75, 3.05) is 12.3 Å². The Kier molecular flexibility index (Phi) is 13.0. The first kappa shape index (κ1) is 28.5. The molecule has 2 atom stereocenters. The van der Waals surface area contributed by atoms with Crippen LogP contribution >= 0.6 is 11.8 Å². The molecule has 1 aromatic carbocycles. The lowest BCUT2D eigenvalue weighted by atomic mass is 10.0. The van der Waals surface area contributed by atoms with Crippen LogP contribution in [-0.4, -0.2) is 36.3 Å². The number of nitriles is 1. The van der Waals surface area contributed by atoms with Crippen molar-refractivity contribution >= 4 is 23.6 Å². The zero-order chi connectivity index (χ0) is 25.5. The predicted octanol–water partition coefficient (Wildman–Crippen LogP) is 5.44. The molecule has 0 saturated carbocycles. The fourth-order valence-corrected chi connectivity index (χ4v) is 4.54. The number of benzene rings is 1. The first-order valence-corrected chi connectivity index (χ1v) is 13.3. The van der Waals surface area contributed by atoms with Crippen LogP contribution in [0.25, 0.3) is 0 Å². The van der Waals surface area contributed by atoms with Crippen molar-refractivity contribution in [1.29, 1.82) is 5.26 Å². The molecule has 35 heavy (non-hydrogen) atoms. The third kappa shape index (κ3) is 11.5. The molecule has 2 aromatic rings. The van der Waals surface area contributed by atoms with Crippen molar-refractivity contribution in [3.05, 3.63) is 59.5 Å². The summed E-state index contributed by atoms with van der Waals surface area (Å²) in [5.41, 5.74) is 1.29. The fraction of sp³-hybridized carbons (Fsp3) is 0.519. The largest absolute Gasteiger partial charge is 0.468 e. The average Bonchev–Trinajstić information content (AvgIpc) is 3.36. The summed E-state index contributed by atoms with van der Waals surface area (Å²) in [5, 5.41) is 15.4. The molecule has 2 rings (SSSR count). The molecule has 0 aliphatic heterocycles. The van der Waals surface area contributed by atoms with Crippen LogP contribution in [0.15, 0.2) is 47.1 Å². The van der Waals surface area contributed by atoms with Gasteiger partial charge in [0.05, 0.1) is 35.4 Å². The normalized spacial score (nSPS) is 12.7. The van der Waals surface area contributed by atoms with E-state index in [4.69, 9.17) is 14.4 Å². The molecule has 0 saturated heterocycles. The molecule has 0 aliphatic carbocycles. The Morgan fingerprint density at radius 3 is 2.74 bits per heavy atom. The molecular formula is C27H37N3O4S. The minimum absolute atomic E-state index is 0.0910. The predicted molar refractivity (Wildman–Crippen MR) is 139 cm³/mol. The highest BCUT2D eigenvalue weighted by Gasteiger charge is 2.21. The first-order valence-electron chi connectivity index (χ1n) is 12.2. The van der Waals surface area contributed by atoms with E-state index in [0.717, 1.165) is 37.0 Å². The van der Waals surface area contributed by atoms with Gasteiger partial charge in [0.25, 0.3) is 0 Å². The molecule has 0 fully saturated rings. The van der Waals surface area contributed by atoms with Gasteiger partial charge < -0.3 is 19.8 Å². The van der Waals surface area contributed by atoms with Crippen LogP contribution in [0.2, 0.25) is 0 Å². The summed E-state index contributed by atoms with van der Waals surface area (Å²) in [7, 11) is 0. The summed E-state index contributed by atoms with van der Waals surface area (Å²) in [6.45, 7) is 6.88. The summed E-state index contributed by atoms with van der Waals surface area (Å²) in [6.07, 6.45) is 4.62. The number of ketones is 1. The maximum atomic E-state index is 12.9. The molecule has 0 spiro atoms. The highest BCUT2D eigenvalue weighted by atomic mass is 32.2. The third-order valence-corrected chi connectivity index (χ3v) is 6.40. The van der Waals surface area contributed by atoms with Crippen LogP contribution < -0.4 is 10.6 Å². The van der Waals surface area contributed by atoms with E-state index in [9.17, 15) is 9.59 Å². The maximum absolute atomic E-state index is 12.9. The summed E-state index contributed by atoms with van der Waals surface area (Å²) >= 11 is 1.55. The molecule has 0 bridgehead atoms. The number of unbranched alkanes of at least 4 members (excludes halogenated alkanes) is 1. The van der Waals surface area contributed by atoms with Gasteiger partial charge in [-0.2, -0.15) is 5.26 Å². The Morgan fingerprint density at radius 1 is 1.23 bits per heavy atom. The van der Waals surface area contributed by atoms with E-state index in [1.807, 2.05) is 18.2 Å². The SMILES string of the molecule is CCCCC(NCC(CC(C)C)NC(=O)OCc1cccc(C#N)c1)C(=O)CSCc1ccco1. The molecule has 1 aromatic heterocycles. The van der Waals surface area contributed by atoms with Gasteiger partial charge in [-0.05, 0) is 48.6 Å². The van der Waals surface area contributed by atoms with Gasteiger partial charge in [0.15, 0.2) is 5.78 Å². The Labute approximate surface area is 213 Å². The van der Waals surface area contributed by atoms with Gasteiger partial charge in [-0.25, -0.2) is 4.79 Å². The topological polar surface area (TPSA) is 104 Å². The molecular weight excluding hydrogens is 462 g/mol. The molecule has 7 nitrogen and oxygen atoms in total. The van der Waals surface area contributed by atoms with E-state index in [1.54, 1.807) is 36.2 Å². The number of hydrogen-bond donors (Lipinski definition) is 2. The van der Waals surface area contributed by atoms with Crippen LogP contribution in [0.4, 0.5) is 4.79 Å². The standard InChI is InChI=1S/C27H37N3O4S/c1-4-5-11-25(26(31)19-35-18-24-10-7-12-33-24)29-16-23(13-20(2)3)30-27(32)34-17-22-9-6-8-21(14-22)15-28/h6-10,12,14,20,23,25,29H,4-5,11,13,16-19H2,1-3H3,(H,30,32). The summed E-state index contributed by atoms with van der Waals surface area (Å²) in [4.78, 5) is 25.4. The Morgan fingerprint density at radius 2 is 2.06 bits per heavy atom. The van der Waals surface area contributed by atoms with Crippen molar-refractivity contribution in [2.24, 2.45) is 5.92 Å². The van der Waals surface area contributed by atoms with Crippen LogP contribution in [0, 0.1) is 17.2 Å². The Hall–Kier alpha value is -2.76. The Balaban J connectivity index is 1.87. The van der Waals surface area contributed by atoms with Crippen LogP contribution in [0.5, 0.6) is 0 Å². The van der Waals surface area contributed by atoms with Crippen molar-refractivity contribution in [1.82, 2.24) is 10.6 Å². The Bertz CT molecular complexity index is 940. The van der Waals surface area contributed by atoms with Crippen molar-refractivity contribution in [3.8, 4) is 6.07 Å². The van der Waals surface area contributed by atoms with Gasteiger partial charge in [0, 0.05) is 12.6 Å². The van der Waals surface area contributed by atoms with Gasteiger partial charge >= 0.3 is 6.09 Å². The molecule has 0 radical (unpaired) electrons. The van der Waals surface area contributed by atoms with Crippen LogP contribution in [0.3, 0.4) is 0 Å². The average molecular weight is 500 g/mol. The first-order chi connectivity index (χ1) is 16.9. The second kappa shape index (κ2) is 16.0. The minimum atomic E-state index is -0.509. The number of amides is 1. The zero-order valence-corrected chi connectivity index (χ0v) is 21.7. The monoisotopic (exact) mass is 499 g/mol. The molecule has 0 aliphatic rings. The van der Waals surface area contributed by atoms with Gasteiger partial charge in [0.2, 0.25) is 0 Å². The van der Waals surface area contributed by atoms with Crippen LogP contribution in [-0.2, 0) is 21.9 Å². The maximum Gasteiger partial charge on any atom is 0.407 e. The van der Waals surface area contributed by atoms with Gasteiger partial charge in [-0.15, -0.1) is 11.8 Å². The molecule has 8 heteroatoms. The molecule has 2 N–H and O–H groups in total. The van der Waals surface area contributed by atoms with Crippen molar-refractivity contribution in [3.63, 3.8) is 0 Å². The van der Waals surface area contributed by atoms with Gasteiger partial charge in [-0.1, -0.05) is 45.7 Å². The third-order valence-electron chi connectivity index (χ3n) is 5.42. The number of thioether (sulfide) groups is 1. The number of hydrogen-bond acceptors (Lipinski definition) is 7. The van der Waals surface area contributed by atoms with Gasteiger partial charge in [-0.3, -0.25) is 4.79 Å². The number of rotatable bonds is 16. The number of carbonyl (C=O) groups excluding carboxylic acids is 2. The number of furan rings is 1. The lowest BCUT2D eigenvalue weighted by molar-refractivity contribution is -0.118. The molecule has 190 valence electrons. The minimum Gasteiger partial charge on any atom is -0.468 e. The number of carbonyl (C=O) groups is 2. The summed E-state index contributed by atoms with van der Waals surface area (Å²) in [6, 6.07) is 12.4. The smallest absolute Gasteiger partial charge is 0.407 e. The van der Waals surface area contributed by atoms with E-state index in [-0.39, 0.29) is 24.5 Å². The zero-order valence-electron chi connectivity index (χ0n) is 20.9. The molecule has 1 amide bonds. The quantitative estimate of drug-likeness (QED) is 0.317.